The number of hydrogen-bond donors (Lipinski definition) is 0. The summed E-state index contributed by atoms with van der Waals surface area (Å²) in [5.74, 6) is 9.44. The second kappa shape index (κ2) is 65.5. The van der Waals surface area contributed by atoms with Gasteiger partial charge in [-0.25, -0.2) is 0 Å². The lowest BCUT2D eigenvalue weighted by molar-refractivity contribution is 0.0494. The molecule has 0 unspecified atom stereocenters. The van der Waals surface area contributed by atoms with Crippen LogP contribution in [0.15, 0.2) is 218 Å². The van der Waals surface area contributed by atoms with Crippen molar-refractivity contribution in [3.8, 4) is 136 Å². The van der Waals surface area contributed by atoms with Crippen molar-refractivity contribution in [1.29, 1.82) is 0 Å². The maximum Gasteiger partial charge on any atom is 0.188 e. The van der Waals surface area contributed by atoms with Crippen LogP contribution >= 0.6 is 271 Å². The molecule has 24 nitrogen and oxygen atoms in total. The lowest BCUT2D eigenvalue weighted by Gasteiger charge is -2.17. The van der Waals surface area contributed by atoms with E-state index in [9.17, 15) is 0 Å². The van der Waals surface area contributed by atoms with E-state index in [-0.39, 0.29) is 81.5 Å². The van der Waals surface area contributed by atoms with E-state index in [2.05, 4.69) is 271 Å². The first kappa shape index (κ1) is 115. The molecule has 0 saturated carbocycles. The largest absolute Gasteiger partial charge is 0.466 e. The highest BCUT2D eigenvalue weighted by atomic mass is 127. The maximum atomic E-state index is 5.75. The van der Waals surface area contributed by atoms with Crippen molar-refractivity contribution in [2.45, 2.75) is 0 Å². The van der Waals surface area contributed by atoms with Crippen molar-refractivity contribution < 1.29 is 114 Å². The zero-order chi connectivity index (χ0) is 95.7. The van der Waals surface area contributed by atoms with Crippen LogP contribution in [0.5, 0.6) is 69.0 Å². The number of para-hydroxylation sites is 12. The minimum Gasteiger partial charge on any atom is -0.466 e. The molecular weight excluding hydrogens is 3060 g/mol. The molecule has 0 atom stereocenters. The van der Waals surface area contributed by atoms with Gasteiger partial charge in [0.25, 0.3) is 0 Å². The number of benzene rings is 12. The van der Waals surface area contributed by atoms with Crippen LogP contribution < -0.4 is 56.8 Å². The van der Waals surface area contributed by atoms with Gasteiger partial charge in [-0.15, -0.1) is 0 Å². The predicted molar refractivity (Wildman–Crippen MR) is 614 cm³/mol. The summed E-state index contributed by atoms with van der Waals surface area (Å²) in [5.41, 5.74) is 11.6. The number of methoxy groups -OCH3 is 12. The third-order valence-electron chi connectivity index (χ3n) is 17.2. The van der Waals surface area contributed by atoms with Gasteiger partial charge in [-0.2, -0.15) is 0 Å². The second-order valence-corrected chi connectivity index (χ2v) is 40.0. The molecule has 0 amide bonds. The van der Waals surface area contributed by atoms with E-state index in [0.29, 0.717) is 0 Å². The highest BCUT2D eigenvalue weighted by Crippen LogP contribution is 2.48. The van der Waals surface area contributed by atoms with Crippen LogP contribution in [0.1, 0.15) is 0 Å². The molecule has 0 aromatic heterocycles. The summed E-state index contributed by atoms with van der Waals surface area (Å²) in [6.45, 7) is 2.40. The zero-order valence-corrected chi connectivity index (χ0v) is 99.5. The van der Waals surface area contributed by atoms with E-state index >= 15 is 0 Å². The van der Waals surface area contributed by atoms with Crippen LogP contribution in [0.2, 0.25) is 0 Å². The zero-order valence-electron chi connectivity index (χ0n) is 73.6. The second-order valence-electron chi connectivity index (χ2n) is 26.0. The van der Waals surface area contributed by atoms with Crippen LogP contribution in [-0.2, 0) is 56.8 Å². The SMILES string of the molecule is COCOc1c(I)cccc1-c1cccc(I)c1OCOC.COCOc1c(I)cccc1-c1cccc(I)c1OCOC.COCOc1c(I)cccc1-c1cccc(I)c1OCOC.COCOc1c(I)cccc1-c1cccc(I)c1OCOC.COCOc1c(I)cccc1-c1cccc(I)c1OCOC.COCOc1c(I)cccc1-c1cccc(I)c1OCOC. The number of halogens is 12. The number of hydrogen-bond acceptors (Lipinski definition) is 24. The fraction of sp³-hybridized carbons (Fsp3) is 0.250. The van der Waals surface area contributed by atoms with Crippen molar-refractivity contribution in [3.63, 3.8) is 0 Å². The van der Waals surface area contributed by atoms with Crippen LogP contribution in [0, 0.1) is 42.8 Å². The molecule has 0 bridgehead atoms. The average Bonchev–Trinajstić information content (AvgIpc) is 0.826. The first-order valence-corrected chi connectivity index (χ1v) is 51.9. The summed E-state index contributed by atoms with van der Waals surface area (Å²) in [4.78, 5) is 0. The normalized spacial score (nSPS) is 10.5. The predicted octanol–water partition coefficient (Wildman–Crippen LogP) is 27.2. The Bertz CT molecular complexity index is 4320. The Labute approximate surface area is 935 Å². The molecule has 12 rings (SSSR count). The van der Waals surface area contributed by atoms with E-state index in [4.69, 9.17) is 114 Å². The Morgan fingerprint density at radius 3 is 0.250 bits per heavy atom. The van der Waals surface area contributed by atoms with Gasteiger partial charge in [0.15, 0.2) is 81.5 Å². The Hall–Kier alpha value is -3.48. The average molecular weight is 3160 g/mol. The minimum absolute atomic E-state index is 0.200. The third kappa shape index (κ3) is 35.6. The molecule has 0 saturated heterocycles. The molecule has 132 heavy (non-hydrogen) atoms. The highest BCUT2D eigenvalue weighted by molar-refractivity contribution is 14.1. The van der Waals surface area contributed by atoms with Gasteiger partial charge in [0.05, 0.1) is 42.8 Å². The molecular formula is C96H96I12O24. The summed E-state index contributed by atoms with van der Waals surface area (Å²) >= 11 is 27.0. The number of ether oxygens (including phenoxy) is 24. The lowest BCUT2D eigenvalue weighted by Crippen LogP contribution is -2.04. The maximum absolute atomic E-state index is 5.75. The Kier molecular flexibility index (Phi) is 57.3. The Morgan fingerprint density at radius 1 is 0.121 bits per heavy atom. The van der Waals surface area contributed by atoms with Crippen LogP contribution in [0.25, 0.3) is 66.8 Å². The Morgan fingerprint density at radius 2 is 0.189 bits per heavy atom. The molecule has 0 heterocycles. The number of rotatable bonds is 42. The van der Waals surface area contributed by atoms with Crippen molar-refractivity contribution in [1.82, 2.24) is 0 Å². The molecule has 0 spiro atoms. The van der Waals surface area contributed by atoms with Gasteiger partial charge in [-0.3, -0.25) is 0 Å². The molecule has 708 valence electrons. The van der Waals surface area contributed by atoms with E-state index in [0.717, 1.165) is 179 Å². The van der Waals surface area contributed by atoms with Crippen LogP contribution in [0.3, 0.4) is 0 Å². The van der Waals surface area contributed by atoms with E-state index in [1.807, 2.05) is 218 Å². The summed E-state index contributed by atoms with van der Waals surface area (Å²) in [5, 5.41) is 0. The first-order chi connectivity index (χ1) is 64.1. The van der Waals surface area contributed by atoms with E-state index in [1.165, 1.54) is 0 Å². The van der Waals surface area contributed by atoms with E-state index in [1.54, 1.807) is 85.3 Å². The fourth-order valence-corrected chi connectivity index (χ4v) is 19.7. The molecule has 0 aliphatic rings. The summed E-state index contributed by atoms with van der Waals surface area (Å²) in [6, 6.07) is 72.1. The van der Waals surface area contributed by atoms with Crippen LogP contribution in [0.4, 0.5) is 0 Å². The molecule has 0 radical (unpaired) electrons. The van der Waals surface area contributed by atoms with Crippen molar-refractivity contribution in [3.05, 3.63) is 261 Å². The smallest absolute Gasteiger partial charge is 0.188 e. The molecule has 0 aliphatic heterocycles. The van der Waals surface area contributed by atoms with Crippen molar-refractivity contribution in [2.75, 3.05) is 167 Å². The highest BCUT2D eigenvalue weighted by Gasteiger charge is 2.24. The lowest BCUT2D eigenvalue weighted by atomic mass is 10.0. The van der Waals surface area contributed by atoms with Gasteiger partial charge in [-0.1, -0.05) is 146 Å². The third-order valence-corrected chi connectivity index (χ3v) is 27.4. The first-order valence-electron chi connectivity index (χ1n) is 39.0. The van der Waals surface area contributed by atoms with Gasteiger partial charge < -0.3 is 114 Å². The van der Waals surface area contributed by atoms with Gasteiger partial charge in [0.1, 0.15) is 69.0 Å². The molecule has 0 fully saturated rings. The summed E-state index contributed by atoms with van der Waals surface area (Å²) < 4.78 is 142. The molecule has 0 N–H and O–H groups in total. The van der Waals surface area contributed by atoms with E-state index < -0.39 is 0 Å². The Balaban J connectivity index is 0.000000216. The summed E-state index contributed by atoms with van der Waals surface area (Å²) in [6.07, 6.45) is 0. The van der Waals surface area contributed by atoms with Gasteiger partial charge >= 0.3 is 0 Å². The molecule has 0 aliphatic carbocycles. The fourth-order valence-electron chi connectivity index (χ4n) is 11.8. The molecule has 12 aromatic rings. The van der Waals surface area contributed by atoms with Gasteiger partial charge in [-0.05, 0) is 344 Å². The van der Waals surface area contributed by atoms with Gasteiger partial charge in [0, 0.05) is 152 Å². The minimum atomic E-state index is 0.200. The summed E-state index contributed by atoms with van der Waals surface area (Å²) in [7, 11) is 19.3. The monoisotopic (exact) mass is 3160 g/mol. The quantitative estimate of drug-likeness (QED) is 0.0256. The van der Waals surface area contributed by atoms with Crippen LogP contribution in [-0.4, -0.2) is 167 Å². The van der Waals surface area contributed by atoms with Gasteiger partial charge in [0.2, 0.25) is 0 Å². The van der Waals surface area contributed by atoms with Crippen molar-refractivity contribution in [2.24, 2.45) is 0 Å². The molecule has 36 heteroatoms. The molecule has 12 aromatic carbocycles. The standard InChI is InChI=1S/6C16H16I2O4/c6*1-19-9-21-15-11(5-3-7-13(15)17)12-6-4-8-14(18)16(12)22-10-20-2/h6*3-8H,9-10H2,1-2H3. The van der Waals surface area contributed by atoms with Crippen molar-refractivity contribution >= 4 is 271 Å². The topological polar surface area (TPSA) is 222 Å².